The number of hydrogen-bond acceptors (Lipinski definition) is 5. The maximum absolute atomic E-state index is 12.0. The molecule has 0 aliphatic carbocycles. The van der Waals surface area contributed by atoms with Crippen molar-refractivity contribution in [2.24, 2.45) is 0 Å². The number of nitro groups is 1. The van der Waals surface area contributed by atoms with Gasteiger partial charge in [0.1, 0.15) is 4.90 Å². The summed E-state index contributed by atoms with van der Waals surface area (Å²) in [5, 5.41) is 13.3. The Bertz CT molecular complexity index is 554. The standard InChI is InChI=1S/C10H15N3O4S/c1-7(2)12-18(16,17)10-5-4-8(13(14)15)6-9(10)11-3/h4-7,11-12H,1-3H3. The van der Waals surface area contributed by atoms with Gasteiger partial charge in [0.2, 0.25) is 10.0 Å². The van der Waals surface area contributed by atoms with Gasteiger partial charge in [-0.15, -0.1) is 0 Å². The molecule has 0 heterocycles. The summed E-state index contributed by atoms with van der Waals surface area (Å²) in [7, 11) is -2.17. The fraction of sp³-hybridized carbons (Fsp3) is 0.400. The maximum atomic E-state index is 12.0. The zero-order chi connectivity index (χ0) is 13.9. The molecule has 100 valence electrons. The average molecular weight is 273 g/mol. The highest BCUT2D eigenvalue weighted by molar-refractivity contribution is 7.89. The third kappa shape index (κ3) is 3.17. The van der Waals surface area contributed by atoms with Gasteiger partial charge in [-0.3, -0.25) is 10.1 Å². The van der Waals surface area contributed by atoms with Crippen LogP contribution in [0.1, 0.15) is 13.8 Å². The number of nitro benzene ring substituents is 1. The van der Waals surface area contributed by atoms with E-state index in [2.05, 4.69) is 10.0 Å². The first-order chi connectivity index (χ1) is 8.27. The van der Waals surface area contributed by atoms with E-state index in [0.717, 1.165) is 6.07 Å². The summed E-state index contributed by atoms with van der Waals surface area (Å²) in [4.78, 5) is 10.0. The minimum Gasteiger partial charge on any atom is -0.387 e. The van der Waals surface area contributed by atoms with E-state index in [4.69, 9.17) is 0 Å². The van der Waals surface area contributed by atoms with E-state index >= 15 is 0 Å². The molecule has 18 heavy (non-hydrogen) atoms. The van der Waals surface area contributed by atoms with E-state index in [-0.39, 0.29) is 22.3 Å². The lowest BCUT2D eigenvalue weighted by Gasteiger charge is -2.12. The lowest BCUT2D eigenvalue weighted by atomic mass is 10.3. The number of non-ortho nitro benzene ring substituents is 1. The first-order valence-corrected chi connectivity index (χ1v) is 6.74. The van der Waals surface area contributed by atoms with Gasteiger partial charge in [0.05, 0.1) is 10.6 Å². The van der Waals surface area contributed by atoms with Crippen LogP contribution in [0.25, 0.3) is 0 Å². The number of anilines is 1. The van der Waals surface area contributed by atoms with Crippen molar-refractivity contribution in [2.45, 2.75) is 24.8 Å². The van der Waals surface area contributed by atoms with Crippen molar-refractivity contribution < 1.29 is 13.3 Å². The van der Waals surface area contributed by atoms with Crippen molar-refractivity contribution in [2.75, 3.05) is 12.4 Å². The summed E-state index contributed by atoms with van der Waals surface area (Å²) in [6, 6.07) is 3.31. The lowest BCUT2D eigenvalue weighted by Crippen LogP contribution is -2.30. The van der Waals surface area contributed by atoms with Gasteiger partial charge >= 0.3 is 0 Å². The van der Waals surface area contributed by atoms with E-state index in [1.54, 1.807) is 13.8 Å². The predicted octanol–water partition coefficient (Wildman–Crippen LogP) is 1.32. The Kier molecular flexibility index (Phi) is 4.25. The van der Waals surface area contributed by atoms with Crippen LogP contribution in [0.15, 0.2) is 23.1 Å². The van der Waals surface area contributed by atoms with Crippen molar-refractivity contribution in [3.63, 3.8) is 0 Å². The molecule has 0 unspecified atom stereocenters. The van der Waals surface area contributed by atoms with Crippen LogP contribution in [0.5, 0.6) is 0 Å². The highest BCUT2D eigenvalue weighted by atomic mass is 32.2. The highest BCUT2D eigenvalue weighted by Gasteiger charge is 2.21. The predicted molar refractivity (Wildman–Crippen MR) is 68.1 cm³/mol. The Labute approximate surface area is 105 Å². The molecule has 0 spiro atoms. The molecule has 0 bridgehead atoms. The van der Waals surface area contributed by atoms with Crippen molar-refractivity contribution in [3.8, 4) is 0 Å². The summed E-state index contributed by atoms with van der Waals surface area (Å²) >= 11 is 0. The van der Waals surface area contributed by atoms with E-state index in [1.165, 1.54) is 19.2 Å². The van der Waals surface area contributed by atoms with Crippen LogP contribution in [0, 0.1) is 10.1 Å². The second-order valence-corrected chi connectivity index (χ2v) is 5.65. The molecule has 0 radical (unpaired) electrons. The third-order valence-corrected chi connectivity index (χ3v) is 3.84. The monoisotopic (exact) mass is 273 g/mol. The summed E-state index contributed by atoms with van der Waals surface area (Å²) < 4.78 is 26.4. The van der Waals surface area contributed by atoms with Crippen LogP contribution < -0.4 is 10.0 Å². The SMILES string of the molecule is CNc1cc([N+](=O)[O-])ccc1S(=O)(=O)NC(C)C. The minimum atomic E-state index is -3.68. The zero-order valence-electron chi connectivity index (χ0n) is 10.3. The summed E-state index contributed by atoms with van der Waals surface area (Å²) in [6.45, 7) is 3.39. The van der Waals surface area contributed by atoms with Crippen LogP contribution in [-0.4, -0.2) is 26.4 Å². The molecule has 0 aliphatic rings. The van der Waals surface area contributed by atoms with Crippen molar-refractivity contribution in [3.05, 3.63) is 28.3 Å². The van der Waals surface area contributed by atoms with Gasteiger partial charge in [-0.25, -0.2) is 13.1 Å². The fourth-order valence-electron chi connectivity index (χ4n) is 1.44. The van der Waals surface area contributed by atoms with Crippen LogP contribution in [0.3, 0.4) is 0 Å². The van der Waals surface area contributed by atoms with Gasteiger partial charge in [0, 0.05) is 25.2 Å². The number of sulfonamides is 1. The Hall–Kier alpha value is -1.67. The van der Waals surface area contributed by atoms with E-state index < -0.39 is 14.9 Å². The van der Waals surface area contributed by atoms with E-state index in [9.17, 15) is 18.5 Å². The Morgan fingerprint density at radius 3 is 2.39 bits per heavy atom. The summed E-state index contributed by atoms with van der Waals surface area (Å²) in [5.74, 6) is 0. The number of rotatable bonds is 5. The molecule has 0 aromatic heterocycles. The van der Waals surface area contributed by atoms with Crippen molar-refractivity contribution in [1.29, 1.82) is 0 Å². The molecular weight excluding hydrogens is 258 g/mol. The lowest BCUT2D eigenvalue weighted by molar-refractivity contribution is -0.384. The second kappa shape index (κ2) is 5.32. The van der Waals surface area contributed by atoms with Gasteiger partial charge < -0.3 is 5.32 Å². The third-order valence-electron chi connectivity index (χ3n) is 2.12. The normalized spacial score (nSPS) is 11.6. The van der Waals surface area contributed by atoms with Gasteiger partial charge in [0.15, 0.2) is 0 Å². The maximum Gasteiger partial charge on any atom is 0.271 e. The molecule has 0 amide bonds. The molecule has 0 saturated carbocycles. The van der Waals surface area contributed by atoms with Crippen molar-refractivity contribution in [1.82, 2.24) is 4.72 Å². The van der Waals surface area contributed by atoms with Gasteiger partial charge in [-0.05, 0) is 19.9 Å². The smallest absolute Gasteiger partial charge is 0.271 e. The van der Waals surface area contributed by atoms with Gasteiger partial charge in [0.25, 0.3) is 5.69 Å². The van der Waals surface area contributed by atoms with Crippen LogP contribution in [-0.2, 0) is 10.0 Å². The van der Waals surface area contributed by atoms with Gasteiger partial charge in [-0.1, -0.05) is 0 Å². The Morgan fingerprint density at radius 2 is 1.94 bits per heavy atom. The molecule has 8 heteroatoms. The first kappa shape index (κ1) is 14.4. The number of benzene rings is 1. The quantitative estimate of drug-likeness (QED) is 0.622. The second-order valence-electron chi connectivity index (χ2n) is 3.96. The molecule has 7 nitrogen and oxygen atoms in total. The first-order valence-electron chi connectivity index (χ1n) is 5.26. The largest absolute Gasteiger partial charge is 0.387 e. The molecule has 1 rings (SSSR count). The molecule has 1 aromatic carbocycles. The molecule has 1 aromatic rings. The zero-order valence-corrected chi connectivity index (χ0v) is 11.1. The highest BCUT2D eigenvalue weighted by Crippen LogP contribution is 2.26. The van der Waals surface area contributed by atoms with Crippen LogP contribution >= 0.6 is 0 Å². The van der Waals surface area contributed by atoms with Crippen molar-refractivity contribution >= 4 is 21.4 Å². The molecular formula is C10H15N3O4S. The molecule has 0 fully saturated rings. The number of hydrogen-bond donors (Lipinski definition) is 2. The topological polar surface area (TPSA) is 101 Å². The van der Waals surface area contributed by atoms with E-state index in [0.29, 0.717) is 0 Å². The number of nitrogens with one attached hydrogen (secondary N) is 2. The van der Waals surface area contributed by atoms with E-state index in [1.807, 2.05) is 0 Å². The molecule has 2 N–H and O–H groups in total. The summed E-state index contributed by atoms with van der Waals surface area (Å²) in [5.41, 5.74) is 0.0280. The molecule has 0 atom stereocenters. The Balaban J connectivity index is 3.29. The molecule has 0 saturated heterocycles. The van der Waals surface area contributed by atoms with Gasteiger partial charge in [-0.2, -0.15) is 0 Å². The average Bonchev–Trinajstić information content (AvgIpc) is 2.26. The van der Waals surface area contributed by atoms with Crippen LogP contribution in [0.4, 0.5) is 11.4 Å². The van der Waals surface area contributed by atoms with Crippen LogP contribution in [0.2, 0.25) is 0 Å². The number of nitrogens with zero attached hydrogens (tertiary/aromatic N) is 1. The Morgan fingerprint density at radius 1 is 1.33 bits per heavy atom. The minimum absolute atomic E-state index is 0.00991. The summed E-state index contributed by atoms with van der Waals surface area (Å²) in [6.07, 6.45) is 0. The molecule has 0 aliphatic heterocycles. The fourth-order valence-corrected chi connectivity index (χ4v) is 2.88.